The van der Waals surface area contributed by atoms with Crippen molar-refractivity contribution in [3.05, 3.63) is 77.2 Å². The summed E-state index contributed by atoms with van der Waals surface area (Å²) >= 11 is 0. The maximum absolute atomic E-state index is 14.0. The molecule has 1 aliphatic heterocycles. The fourth-order valence-electron chi connectivity index (χ4n) is 4.65. The van der Waals surface area contributed by atoms with Crippen molar-refractivity contribution < 1.29 is 22.7 Å². The molecule has 0 unspecified atom stereocenters. The standard InChI is InChI=1S/C28H29F3N6O2/c1-3-36-10-12-37(13-11-36)16-20-6-7-21(15-23(20)28(29,30)31)35-26(38)19-5-4-18(2)24(14-19)39-27-22-8-9-32-25(22)33-17-34-27/h4-9,14-15,17H,3,10-13,16H2,1-2H3,(H,35,38)(H,32,33,34). The molecule has 1 fully saturated rings. The monoisotopic (exact) mass is 538 g/mol. The van der Waals surface area contributed by atoms with Gasteiger partial charge in [-0.25, -0.2) is 9.97 Å². The van der Waals surface area contributed by atoms with Gasteiger partial charge in [-0.3, -0.25) is 9.69 Å². The number of hydrogen-bond acceptors (Lipinski definition) is 6. The van der Waals surface area contributed by atoms with Crippen LogP contribution in [0, 0.1) is 6.92 Å². The quantitative estimate of drug-likeness (QED) is 0.325. The average Bonchev–Trinajstić information content (AvgIpc) is 3.40. The van der Waals surface area contributed by atoms with Gasteiger partial charge < -0.3 is 19.9 Å². The molecule has 2 aromatic carbocycles. The summed E-state index contributed by atoms with van der Waals surface area (Å²) in [6.45, 7) is 8.14. The van der Waals surface area contributed by atoms with Crippen molar-refractivity contribution in [1.82, 2.24) is 24.8 Å². The molecular weight excluding hydrogens is 509 g/mol. The van der Waals surface area contributed by atoms with E-state index in [1.807, 2.05) is 11.8 Å². The van der Waals surface area contributed by atoms with E-state index in [1.54, 1.807) is 30.5 Å². The van der Waals surface area contributed by atoms with E-state index < -0.39 is 17.6 Å². The molecule has 1 aliphatic rings. The number of ether oxygens (including phenoxy) is 1. The molecule has 5 rings (SSSR count). The number of halogens is 3. The van der Waals surface area contributed by atoms with Gasteiger partial charge in [-0.05, 0) is 54.9 Å². The minimum Gasteiger partial charge on any atom is -0.438 e. The second-order valence-corrected chi connectivity index (χ2v) is 9.54. The molecule has 3 heterocycles. The Labute approximate surface area is 223 Å². The Morgan fingerprint density at radius 2 is 1.82 bits per heavy atom. The lowest BCUT2D eigenvalue weighted by Crippen LogP contribution is -2.45. The number of alkyl halides is 3. The minimum absolute atomic E-state index is 0.0692. The molecule has 0 atom stereocenters. The number of carbonyl (C=O) groups is 1. The van der Waals surface area contributed by atoms with Crippen LogP contribution < -0.4 is 10.1 Å². The summed E-state index contributed by atoms with van der Waals surface area (Å²) in [5, 5.41) is 3.29. The molecule has 0 spiro atoms. The molecule has 0 radical (unpaired) electrons. The molecule has 2 aromatic heterocycles. The number of fused-ring (bicyclic) bond motifs is 1. The number of rotatable bonds is 7. The summed E-state index contributed by atoms with van der Waals surface area (Å²) in [6.07, 6.45) is -1.46. The second-order valence-electron chi connectivity index (χ2n) is 9.54. The zero-order valence-corrected chi connectivity index (χ0v) is 21.7. The zero-order chi connectivity index (χ0) is 27.6. The van der Waals surface area contributed by atoms with E-state index in [-0.39, 0.29) is 23.4 Å². The number of piperazine rings is 1. The van der Waals surface area contributed by atoms with Crippen LogP contribution in [0.25, 0.3) is 11.0 Å². The molecule has 0 aliphatic carbocycles. The number of H-pyrrole nitrogens is 1. The summed E-state index contributed by atoms with van der Waals surface area (Å²) in [6, 6.07) is 10.6. The van der Waals surface area contributed by atoms with Crippen molar-refractivity contribution >= 4 is 22.6 Å². The Morgan fingerprint density at radius 3 is 2.56 bits per heavy atom. The lowest BCUT2D eigenvalue weighted by molar-refractivity contribution is -0.138. The van der Waals surface area contributed by atoms with E-state index in [0.29, 0.717) is 35.8 Å². The van der Waals surface area contributed by atoms with Gasteiger partial charge in [0, 0.05) is 50.2 Å². The maximum atomic E-state index is 14.0. The van der Waals surface area contributed by atoms with Crippen molar-refractivity contribution in [2.45, 2.75) is 26.6 Å². The fourth-order valence-corrected chi connectivity index (χ4v) is 4.65. The maximum Gasteiger partial charge on any atom is 0.416 e. The predicted octanol–water partition coefficient (Wildman–Crippen LogP) is 5.47. The Hall–Kier alpha value is -3.96. The van der Waals surface area contributed by atoms with Gasteiger partial charge in [0.25, 0.3) is 5.91 Å². The Morgan fingerprint density at radius 1 is 1.05 bits per heavy atom. The van der Waals surface area contributed by atoms with Crippen molar-refractivity contribution in [1.29, 1.82) is 0 Å². The first-order valence-electron chi connectivity index (χ1n) is 12.7. The third kappa shape index (κ3) is 6.04. The van der Waals surface area contributed by atoms with Crippen LogP contribution in [0.2, 0.25) is 0 Å². The molecule has 204 valence electrons. The Bertz CT molecular complexity index is 1480. The van der Waals surface area contributed by atoms with Gasteiger partial charge in [0.05, 0.1) is 10.9 Å². The van der Waals surface area contributed by atoms with Crippen LogP contribution in [0.15, 0.2) is 55.0 Å². The van der Waals surface area contributed by atoms with Gasteiger partial charge >= 0.3 is 6.18 Å². The van der Waals surface area contributed by atoms with Crippen molar-refractivity contribution in [2.75, 3.05) is 38.0 Å². The highest BCUT2D eigenvalue weighted by molar-refractivity contribution is 6.04. The summed E-state index contributed by atoms with van der Waals surface area (Å²) in [5.41, 5.74) is 1.12. The number of aromatic amines is 1. The van der Waals surface area contributed by atoms with Crippen molar-refractivity contribution in [3.63, 3.8) is 0 Å². The second kappa shape index (κ2) is 11.0. The summed E-state index contributed by atoms with van der Waals surface area (Å²) in [7, 11) is 0. The fraction of sp³-hybridized carbons (Fsp3) is 0.321. The molecule has 39 heavy (non-hydrogen) atoms. The Balaban J connectivity index is 1.33. The van der Waals surface area contributed by atoms with Gasteiger partial charge in [-0.1, -0.05) is 19.1 Å². The number of likely N-dealkylation sites (N-methyl/N-ethyl adjacent to an activating group) is 1. The van der Waals surface area contributed by atoms with Crippen molar-refractivity contribution in [2.24, 2.45) is 0 Å². The number of carbonyl (C=O) groups excluding carboxylic acids is 1. The third-order valence-electron chi connectivity index (χ3n) is 6.95. The molecule has 2 N–H and O–H groups in total. The van der Waals surface area contributed by atoms with Crippen LogP contribution in [0.1, 0.15) is 34.0 Å². The van der Waals surface area contributed by atoms with Crippen LogP contribution in [0.4, 0.5) is 18.9 Å². The summed E-state index contributed by atoms with van der Waals surface area (Å²) in [4.78, 5) is 28.6. The van der Waals surface area contributed by atoms with Gasteiger partial charge in [0.15, 0.2) is 0 Å². The molecule has 0 bridgehead atoms. The highest BCUT2D eigenvalue weighted by atomic mass is 19.4. The molecular formula is C28H29F3N6O2. The highest BCUT2D eigenvalue weighted by Crippen LogP contribution is 2.35. The lowest BCUT2D eigenvalue weighted by Gasteiger charge is -2.34. The molecule has 1 saturated heterocycles. The van der Waals surface area contributed by atoms with Gasteiger partial charge in [0.2, 0.25) is 5.88 Å². The number of aryl methyl sites for hydroxylation is 1. The predicted molar refractivity (Wildman–Crippen MR) is 142 cm³/mol. The zero-order valence-electron chi connectivity index (χ0n) is 21.7. The Kier molecular flexibility index (Phi) is 7.53. The first-order chi connectivity index (χ1) is 18.7. The number of nitrogens with zero attached hydrogens (tertiary/aromatic N) is 4. The van der Waals surface area contributed by atoms with E-state index in [2.05, 4.69) is 32.1 Å². The first kappa shape index (κ1) is 26.6. The van der Waals surface area contributed by atoms with Gasteiger partial charge in [-0.2, -0.15) is 13.2 Å². The average molecular weight is 539 g/mol. The van der Waals surface area contributed by atoms with E-state index in [0.717, 1.165) is 31.3 Å². The van der Waals surface area contributed by atoms with E-state index in [9.17, 15) is 18.0 Å². The van der Waals surface area contributed by atoms with E-state index in [1.165, 1.54) is 18.5 Å². The molecule has 1 amide bonds. The smallest absolute Gasteiger partial charge is 0.416 e. The number of anilines is 1. The van der Waals surface area contributed by atoms with Crippen LogP contribution in [-0.2, 0) is 12.7 Å². The topological polar surface area (TPSA) is 86.4 Å². The summed E-state index contributed by atoms with van der Waals surface area (Å²) in [5.74, 6) is 0.174. The van der Waals surface area contributed by atoms with Crippen LogP contribution in [0.5, 0.6) is 11.6 Å². The number of aromatic nitrogens is 3. The van der Waals surface area contributed by atoms with Crippen LogP contribution in [-0.4, -0.2) is 63.4 Å². The first-order valence-corrected chi connectivity index (χ1v) is 12.7. The molecule has 8 nitrogen and oxygen atoms in total. The lowest BCUT2D eigenvalue weighted by atomic mass is 10.0. The van der Waals surface area contributed by atoms with Gasteiger partial charge in [0.1, 0.15) is 17.7 Å². The third-order valence-corrected chi connectivity index (χ3v) is 6.95. The minimum atomic E-state index is -4.55. The molecule has 4 aromatic rings. The highest BCUT2D eigenvalue weighted by Gasteiger charge is 2.34. The largest absolute Gasteiger partial charge is 0.438 e. The summed E-state index contributed by atoms with van der Waals surface area (Å²) < 4.78 is 47.9. The number of benzene rings is 2. The van der Waals surface area contributed by atoms with Gasteiger partial charge in [-0.15, -0.1) is 0 Å². The normalized spacial score (nSPS) is 15.0. The molecule has 11 heteroatoms. The SMILES string of the molecule is CCN1CCN(Cc2ccc(NC(=O)c3ccc(C)c(Oc4ncnc5[nH]ccc45)c3)cc2C(F)(F)F)CC1. The van der Waals surface area contributed by atoms with Crippen LogP contribution >= 0.6 is 0 Å². The van der Waals surface area contributed by atoms with E-state index >= 15 is 0 Å². The number of nitrogens with one attached hydrogen (secondary N) is 2. The molecule has 0 saturated carbocycles. The number of amides is 1. The number of hydrogen-bond donors (Lipinski definition) is 2. The van der Waals surface area contributed by atoms with E-state index in [4.69, 9.17) is 4.74 Å². The van der Waals surface area contributed by atoms with Crippen molar-refractivity contribution in [3.8, 4) is 11.6 Å². The van der Waals surface area contributed by atoms with Crippen LogP contribution in [0.3, 0.4) is 0 Å².